The van der Waals surface area contributed by atoms with Crippen molar-refractivity contribution in [1.29, 1.82) is 0 Å². The fourth-order valence-electron chi connectivity index (χ4n) is 1.90. The van der Waals surface area contributed by atoms with Gasteiger partial charge in [0.2, 0.25) is 0 Å². The molecule has 0 aliphatic rings. The number of halogens is 1. The molecule has 0 saturated heterocycles. The van der Waals surface area contributed by atoms with Crippen LogP contribution in [0.4, 0.5) is 4.39 Å². The maximum absolute atomic E-state index is 13.9. The molecule has 1 atom stereocenters. The van der Waals surface area contributed by atoms with Crippen molar-refractivity contribution in [3.8, 4) is 11.8 Å². The third kappa shape index (κ3) is 2.65. The van der Waals surface area contributed by atoms with Gasteiger partial charge in [0, 0.05) is 11.1 Å². The molecule has 0 heterocycles. The van der Waals surface area contributed by atoms with Gasteiger partial charge in [0.25, 0.3) is 0 Å². The van der Waals surface area contributed by atoms with Crippen LogP contribution in [0.1, 0.15) is 11.1 Å². The molecule has 0 radical (unpaired) electrons. The highest BCUT2D eigenvalue weighted by molar-refractivity contribution is 5.44. The lowest BCUT2D eigenvalue weighted by Crippen LogP contribution is -2.26. The van der Waals surface area contributed by atoms with Gasteiger partial charge in [-0.3, -0.25) is 0 Å². The zero-order chi connectivity index (χ0) is 13.7. The van der Waals surface area contributed by atoms with Crippen LogP contribution in [-0.2, 0) is 5.60 Å². The Bertz CT molecular complexity index is 613. The second kappa shape index (κ2) is 5.66. The number of rotatable bonds is 2. The number of benzene rings is 2. The number of hydrogen-bond donors (Lipinski definition) is 2. The SMILES string of the molecule is OCC#C[C@@](O)(c1ccccc1)c1ccccc1F. The summed E-state index contributed by atoms with van der Waals surface area (Å²) in [5.74, 6) is 4.40. The normalized spacial score (nSPS) is 13.2. The number of aliphatic hydroxyl groups excluding tert-OH is 1. The van der Waals surface area contributed by atoms with Crippen LogP contribution >= 0.6 is 0 Å². The second-order valence-corrected chi connectivity index (χ2v) is 4.02. The molecule has 19 heavy (non-hydrogen) atoms. The van der Waals surface area contributed by atoms with Gasteiger partial charge >= 0.3 is 0 Å². The highest BCUT2D eigenvalue weighted by Crippen LogP contribution is 2.30. The van der Waals surface area contributed by atoms with Crippen molar-refractivity contribution >= 4 is 0 Å². The fourth-order valence-corrected chi connectivity index (χ4v) is 1.90. The van der Waals surface area contributed by atoms with E-state index in [1.165, 1.54) is 12.1 Å². The van der Waals surface area contributed by atoms with Crippen molar-refractivity contribution in [3.63, 3.8) is 0 Å². The van der Waals surface area contributed by atoms with E-state index in [0.717, 1.165) is 0 Å². The fraction of sp³-hybridized carbons (Fsp3) is 0.125. The lowest BCUT2D eigenvalue weighted by Gasteiger charge is -2.23. The van der Waals surface area contributed by atoms with Crippen molar-refractivity contribution in [2.75, 3.05) is 6.61 Å². The van der Waals surface area contributed by atoms with Crippen molar-refractivity contribution in [2.45, 2.75) is 5.60 Å². The number of aliphatic hydroxyl groups is 2. The largest absolute Gasteiger partial charge is 0.384 e. The predicted octanol–water partition coefficient (Wildman–Crippen LogP) is 2.06. The van der Waals surface area contributed by atoms with Crippen molar-refractivity contribution < 1.29 is 14.6 Å². The van der Waals surface area contributed by atoms with E-state index < -0.39 is 18.0 Å². The summed E-state index contributed by atoms with van der Waals surface area (Å²) in [4.78, 5) is 0. The molecule has 2 rings (SSSR count). The van der Waals surface area contributed by atoms with Gasteiger partial charge in [-0.2, -0.15) is 0 Å². The zero-order valence-electron chi connectivity index (χ0n) is 10.2. The molecule has 0 fully saturated rings. The highest BCUT2D eigenvalue weighted by Gasteiger charge is 2.31. The summed E-state index contributed by atoms with van der Waals surface area (Å²) in [6.45, 7) is -0.399. The molecule has 2 nitrogen and oxygen atoms in total. The molecule has 2 N–H and O–H groups in total. The van der Waals surface area contributed by atoms with Crippen LogP contribution in [0.25, 0.3) is 0 Å². The van der Waals surface area contributed by atoms with Crippen LogP contribution in [0.2, 0.25) is 0 Å². The first kappa shape index (κ1) is 13.3. The summed E-state index contributed by atoms with van der Waals surface area (Å²) < 4.78 is 13.9. The van der Waals surface area contributed by atoms with E-state index in [1.54, 1.807) is 42.5 Å². The first-order valence-electron chi connectivity index (χ1n) is 5.82. The van der Waals surface area contributed by atoms with E-state index in [4.69, 9.17) is 5.11 Å². The molecule has 2 aromatic rings. The molecule has 0 bridgehead atoms. The molecule has 0 unspecified atom stereocenters. The van der Waals surface area contributed by atoms with E-state index in [-0.39, 0.29) is 5.56 Å². The topological polar surface area (TPSA) is 40.5 Å². The molecule has 0 amide bonds. The molecular weight excluding hydrogens is 243 g/mol. The zero-order valence-corrected chi connectivity index (χ0v) is 10.2. The number of hydrogen-bond acceptors (Lipinski definition) is 2. The summed E-state index contributed by atoms with van der Waals surface area (Å²) in [6.07, 6.45) is 0. The van der Waals surface area contributed by atoms with Crippen molar-refractivity contribution in [1.82, 2.24) is 0 Å². The molecule has 0 aromatic heterocycles. The van der Waals surface area contributed by atoms with Crippen LogP contribution in [0, 0.1) is 17.7 Å². The van der Waals surface area contributed by atoms with Gasteiger partial charge in [-0.1, -0.05) is 60.4 Å². The standard InChI is InChI=1S/C16H13FO2/c17-15-10-5-4-9-14(15)16(19,11-6-12-18)13-7-2-1-3-8-13/h1-5,7-10,18-19H,12H2/t16-/m1/s1. The minimum Gasteiger partial charge on any atom is -0.384 e. The van der Waals surface area contributed by atoms with Crippen LogP contribution in [0.5, 0.6) is 0 Å². The average Bonchev–Trinajstić information content (AvgIpc) is 2.46. The van der Waals surface area contributed by atoms with Gasteiger partial charge in [-0.25, -0.2) is 4.39 Å². The minimum absolute atomic E-state index is 0.0714. The Labute approximate surface area is 111 Å². The maximum Gasteiger partial charge on any atom is 0.179 e. The van der Waals surface area contributed by atoms with E-state index in [9.17, 15) is 9.50 Å². The third-order valence-electron chi connectivity index (χ3n) is 2.80. The van der Waals surface area contributed by atoms with Crippen LogP contribution in [-0.4, -0.2) is 16.8 Å². The van der Waals surface area contributed by atoms with Gasteiger partial charge in [0.05, 0.1) is 0 Å². The lowest BCUT2D eigenvalue weighted by molar-refractivity contribution is 0.140. The summed E-state index contributed by atoms with van der Waals surface area (Å²) >= 11 is 0. The molecule has 96 valence electrons. The monoisotopic (exact) mass is 256 g/mol. The molecule has 3 heteroatoms. The molecule has 0 saturated carbocycles. The first-order valence-corrected chi connectivity index (χ1v) is 5.82. The minimum atomic E-state index is -1.77. The Kier molecular flexibility index (Phi) is 3.96. The molecule has 0 spiro atoms. The highest BCUT2D eigenvalue weighted by atomic mass is 19.1. The second-order valence-electron chi connectivity index (χ2n) is 4.02. The summed E-state index contributed by atoms with van der Waals surface area (Å²) in [7, 11) is 0. The maximum atomic E-state index is 13.9. The molecule has 0 aliphatic heterocycles. The Morgan fingerprint density at radius 2 is 1.63 bits per heavy atom. The van der Waals surface area contributed by atoms with Crippen LogP contribution < -0.4 is 0 Å². The Morgan fingerprint density at radius 1 is 1.00 bits per heavy atom. The van der Waals surface area contributed by atoms with Crippen molar-refractivity contribution in [3.05, 3.63) is 71.5 Å². The Morgan fingerprint density at radius 3 is 2.26 bits per heavy atom. The third-order valence-corrected chi connectivity index (χ3v) is 2.80. The van der Waals surface area contributed by atoms with Gasteiger partial charge in [-0.05, 0) is 6.07 Å². The Balaban J connectivity index is 2.63. The smallest absolute Gasteiger partial charge is 0.179 e. The first-order chi connectivity index (χ1) is 9.18. The lowest BCUT2D eigenvalue weighted by atomic mass is 9.86. The molecule has 2 aromatic carbocycles. The molecular formula is C16H13FO2. The Hall–Kier alpha value is -2.15. The van der Waals surface area contributed by atoms with Crippen LogP contribution in [0.3, 0.4) is 0 Å². The van der Waals surface area contributed by atoms with E-state index >= 15 is 0 Å². The summed E-state index contributed by atoms with van der Waals surface area (Å²) in [5.41, 5.74) is -1.24. The van der Waals surface area contributed by atoms with Crippen molar-refractivity contribution in [2.24, 2.45) is 0 Å². The quantitative estimate of drug-likeness (QED) is 0.807. The van der Waals surface area contributed by atoms with E-state index in [0.29, 0.717) is 5.56 Å². The average molecular weight is 256 g/mol. The van der Waals surface area contributed by atoms with Gasteiger partial charge < -0.3 is 10.2 Å². The molecule has 0 aliphatic carbocycles. The van der Waals surface area contributed by atoms with Crippen LogP contribution in [0.15, 0.2) is 54.6 Å². The summed E-state index contributed by atoms with van der Waals surface area (Å²) in [6, 6.07) is 14.5. The van der Waals surface area contributed by atoms with E-state index in [1.807, 2.05) is 0 Å². The van der Waals surface area contributed by atoms with Gasteiger partial charge in [-0.15, -0.1) is 0 Å². The van der Waals surface area contributed by atoms with E-state index in [2.05, 4.69) is 11.8 Å². The summed E-state index contributed by atoms with van der Waals surface area (Å²) in [5, 5.41) is 19.6. The predicted molar refractivity (Wildman–Crippen MR) is 70.7 cm³/mol. The van der Waals surface area contributed by atoms with Gasteiger partial charge in [0.15, 0.2) is 5.60 Å². The van der Waals surface area contributed by atoms with Gasteiger partial charge in [0.1, 0.15) is 12.4 Å².